The van der Waals surface area contributed by atoms with Crippen LogP contribution in [-0.4, -0.2) is 40.8 Å². The van der Waals surface area contributed by atoms with Crippen molar-refractivity contribution in [1.82, 2.24) is 29.6 Å². The van der Waals surface area contributed by atoms with E-state index in [0.29, 0.717) is 30.0 Å². The van der Waals surface area contributed by atoms with Gasteiger partial charge in [0.2, 0.25) is 0 Å². The Labute approximate surface area is 181 Å². The van der Waals surface area contributed by atoms with Crippen LogP contribution >= 0.6 is 11.3 Å². The first-order valence-corrected chi connectivity index (χ1v) is 10.9. The lowest BCUT2D eigenvalue weighted by molar-refractivity contribution is -0.0650. The van der Waals surface area contributed by atoms with E-state index in [-0.39, 0.29) is 18.4 Å². The molecule has 1 aromatic carbocycles. The Morgan fingerprint density at radius 3 is 2.84 bits per heavy atom. The molecule has 0 bridgehead atoms. The van der Waals surface area contributed by atoms with Gasteiger partial charge in [-0.2, -0.15) is 5.10 Å². The fourth-order valence-corrected chi connectivity index (χ4v) is 5.70. The van der Waals surface area contributed by atoms with Gasteiger partial charge < -0.3 is 5.11 Å². The number of aromatic nitrogens is 5. The van der Waals surface area contributed by atoms with Crippen molar-refractivity contribution in [2.45, 2.75) is 38.2 Å². The smallest absolute Gasteiger partial charge is 0.158 e. The van der Waals surface area contributed by atoms with Gasteiger partial charge >= 0.3 is 0 Å². The van der Waals surface area contributed by atoms with Crippen molar-refractivity contribution < 1.29 is 9.50 Å². The molecule has 0 amide bonds. The molecule has 31 heavy (non-hydrogen) atoms. The largest absolute Gasteiger partial charge is 0.382 e. The number of pyridine rings is 1. The lowest BCUT2D eigenvalue weighted by atomic mass is 9.81. The molecule has 5 heterocycles. The summed E-state index contributed by atoms with van der Waals surface area (Å²) in [7, 11) is 0. The third-order valence-corrected chi connectivity index (χ3v) is 7.47. The number of aliphatic hydroxyl groups is 1. The second-order valence-electron chi connectivity index (χ2n) is 8.06. The average molecular weight is 435 g/mol. The number of rotatable bonds is 3. The van der Waals surface area contributed by atoms with Gasteiger partial charge in [-0.1, -0.05) is 6.07 Å². The molecule has 2 aliphatic rings. The Hall–Kier alpha value is -3.01. The van der Waals surface area contributed by atoms with E-state index in [9.17, 15) is 9.50 Å². The molecular weight excluding hydrogens is 415 g/mol. The minimum absolute atomic E-state index is 0.236. The van der Waals surface area contributed by atoms with E-state index in [2.05, 4.69) is 20.0 Å². The Bertz CT molecular complexity index is 1260. The first kappa shape index (κ1) is 18.7. The molecule has 1 N–H and O–H groups in total. The highest BCUT2D eigenvalue weighted by Crippen LogP contribution is 2.43. The van der Waals surface area contributed by atoms with E-state index in [4.69, 9.17) is 4.98 Å². The zero-order chi connectivity index (χ0) is 21.2. The zero-order valence-corrected chi connectivity index (χ0v) is 17.6. The summed E-state index contributed by atoms with van der Waals surface area (Å²) in [5, 5.41) is 17.1. The number of nitrogens with zero attached hydrogens (tertiary/aromatic N) is 6. The van der Waals surface area contributed by atoms with Crippen LogP contribution in [0.15, 0.2) is 49.1 Å². The molecule has 9 heteroatoms. The van der Waals surface area contributed by atoms with Gasteiger partial charge in [0.15, 0.2) is 5.82 Å². The van der Waals surface area contributed by atoms with Gasteiger partial charge in [-0.05, 0) is 36.8 Å². The minimum Gasteiger partial charge on any atom is -0.382 e. The van der Waals surface area contributed by atoms with Crippen LogP contribution in [0.5, 0.6) is 0 Å². The summed E-state index contributed by atoms with van der Waals surface area (Å²) in [5.74, 6) is 0.219. The Balaban J connectivity index is 1.32. The van der Waals surface area contributed by atoms with E-state index in [1.165, 1.54) is 23.3 Å². The number of fused-ring (bicyclic) bond motifs is 4. The second kappa shape index (κ2) is 6.74. The lowest BCUT2D eigenvalue weighted by Gasteiger charge is -2.42. The van der Waals surface area contributed by atoms with Crippen LogP contribution in [0.25, 0.3) is 22.0 Å². The number of halogens is 1. The minimum atomic E-state index is -1.23. The first-order valence-electron chi connectivity index (χ1n) is 10.1. The molecule has 0 unspecified atom stereocenters. The van der Waals surface area contributed by atoms with E-state index in [1.807, 2.05) is 19.1 Å². The van der Waals surface area contributed by atoms with Gasteiger partial charge in [-0.25, -0.2) is 19.0 Å². The topological polar surface area (TPSA) is 80.0 Å². The summed E-state index contributed by atoms with van der Waals surface area (Å²) < 4.78 is 15.7. The normalized spacial score (nSPS) is 20.9. The summed E-state index contributed by atoms with van der Waals surface area (Å²) >= 11 is 1.68. The van der Waals surface area contributed by atoms with Crippen LogP contribution < -0.4 is 0 Å². The zero-order valence-electron chi connectivity index (χ0n) is 16.7. The van der Waals surface area contributed by atoms with Crippen LogP contribution in [-0.2, 0) is 25.2 Å². The second-order valence-corrected chi connectivity index (χ2v) is 9.14. The number of thiazole rings is 1. The maximum atomic E-state index is 14.0. The maximum absolute atomic E-state index is 14.0. The Kier molecular flexibility index (Phi) is 4.08. The molecule has 0 fully saturated rings. The molecule has 0 spiro atoms. The fourth-order valence-electron chi connectivity index (χ4n) is 4.60. The molecule has 156 valence electrons. The predicted octanol–water partition coefficient (Wildman–Crippen LogP) is 3.21. The molecule has 6 rings (SSSR count). The van der Waals surface area contributed by atoms with Crippen LogP contribution in [0.3, 0.4) is 0 Å². The summed E-state index contributed by atoms with van der Waals surface area (Å²) in [6, 6.07) is 8.18. The average Bonchev–Trinajstić information content (AvgIpc) is 3.48. The third-order valence-electron chi connectivity index (χ3n) is 6.34. The molecule has 0 saturated heterocycles. The van der Waals surface area contributed by atoms with E-state index < -0.39 is 5.60 Å². The maximum Gasteiger partial charge on any atom is 0.158 e. The van der Waals surface area contributed by atoms with Crippen molar-refractivity contribution in [1.29, 1.82) is 0 Å². The van der Waals surface area contributed by atoms with Gasteiger partial charge in [0, 0.05) is 47.5 Å². The molecular formula is C22H19FN6OS. The third kappa shape index (κ3) is 2.84. The van der Waals surface area contributed by atoms with Gasteiger partial charge in [-0.15, -0.1) is 11.3 Å². The van der Waals surface area contributed by atoms with Crippen molar-refractivity contribution in [3.05, 3.63) is 71.0 Å². The van der Waals surface area contributed by atoms with Gasteiger partial charge in [0.05, 0.1) is 12.2 Å². The standard InChI is InChI=1S/C22H19FN6OS/c1-13(28-9-18-19(10-28)31-21(27-18)14-4-6-24-7-5-14)22(30)11-29-20(25-12-26-29)16-8-15(23)2-3-17(16)22/h2-8,12-13,30H,9-11H2,1H3/t13-,22-/m1/s1. The van der Waals surface area contributed by atoms with Crippen LogP contribution in [0.4, 0.5) is 4.39 Å². The first-order chi connectivity index (χ1) is 15.0. The van der Waals surface area contributed by atoms with Crippen molar-refractivity contribution in [2.24, 2.45) is 0 Å². The van der Waals surface area contributed by atoms with E-state index in [0.717, 1.165) is 16.3 Å². The number of hydrogen-bond acceptors (Lipinski definition) is 7. The summed E-state index contributed by atoms with van der Waals surface area (Å²) in [6.07, 6.45) is 4.99. The Morgan fingerprint density at radius 1 is 1.19 bits per heavy atom. The lowest BCUT2D eigenvalue weighted by Crippen LogP contribution is -2.51. The predicted molar refractivity (Wildman–Crippen MR) is 113 cm³/mol. The molecule has 2 atom stereocenters. The van der Waals surface area contributed by atoms with Crippen LogP contribution in [0, 0.1) is 5.82 Å². The summed E-state index contributed by atoms with van der Waals surface area (Å²) in [6.45, 7) is 3.64. The summed E-state index contributed by atoms with van der Waals surface area (Å²) in [5.41, 5.74) is 2.15. The van der Waals surface area contributed by atoms with Crippen molar-refractivity contribution in [3.8, 4) is 22.0 Å². The SMILES string of the molecule is C[C@@H](N1Cc2nc(-c3ccncc3)sc2C1)[C@]1(O)Cn2ncnc2-c2cc(F)ccc21. The fraction of sp³-hybridized carbons (Fsp3) is 0.273. The van der Waals surface area contributed by atoms with Crippen molar-refractivity contribution in [3.63, 3.8) is 0 Å². The molecule has 2 aliphatic heterocycles. The molecule has 4 aromatic rings. The van der Waals surface area contributed by atoms with Crippen molar-refractivity contribution >= 4 is 11.3 Å². The van der Waals surface area contributed by atoms with Gasteiger partial charge in [0.25, 0.3) is 0 Å². The molecule has 7 nitrogen and oxygen atoms in total. The number of benzene rings is 1. The molecule has 0 saturated carbocycles. The van der Waals surface area contributed by atoms with Crippen LogP contribution in [0.1, 0.15) is 23.1 Å². The van der Waals surface area contributed by atoms with Gasteiger partial charge in [-0.3, -0.25) is 9.88 Å². The molecule has 0 aliphatic carbocycles. The van der Waals surface area contributed by atoms with Gasteiger partial charge in [0.1, 0.15) is 22.8 Å². The molecule has 0 radical (unpaired) electrons. The highest BCUT2D eigenvalue weighted by Gasteiger charge is 2.46. The quantitative estimate of drug-likeness (QED) is 0.533. The highest BCUT2D eigenvalue weighted by atomic mass is 32.1. The number of hydrogen-bond donors (Lipinski definition) is 1. The monoisotopic (exact) mass is 434 g/mol. The van der Waals surface area contributed by atoms with Crippen molar-refractivity contribution in [2.75, 3.05) is 0 Å². The van der Waals surface area contributed by atoms with Crippen LogP contribution in [0.2, 0.25) is 0 Å². The van der Waals surface area contributed by atoms with E-state index >= 15 is 0 Å². The Morgan fingerprint density at radius 2 is 2.03 bits per heavy atom. The molecule has 3 aromatic heterocycles. The summed E-state index contributed by atoms with van der Waals surface area (Å²) in [4.78, 5) is 16.6. The van der Waals surface area contributed by atoms with E-state index in [1.54, 1.807) is 34.5 Å². The highest BCUT2D eigenvalue weighted by molar-refractivity contribution is 7.15.